The summed E-state index contributed by atoms with van der Waals surface area (Å²) in [5, 5.41) is 3.68. The van der Waals surface area contributed by atoms with E-state index in [2.05, 4.69) is 10.3 Å². The molecule has 1 N–H and O–H groups in total. The number of benzene rings is 2. The minimum atomic E-state index is -0.605. The van der Waals surface area contributed by atoms with Crippen LogP contribution < -0.4 is 14.5 Å². The Kier molecular flexibility index (Phi) is 10.7. The van der Waals surface area contributed by atoms with Gasteiger partial charge in [0.1, 0.15) is 6.04 Å². The maximum atomic E-state index is 13.2. The van der Waals surface area contributed by atoms with E-state index in [1.165, 1.54) is 0 Å². The van der Waals surface area contributed by atoms with E-state index < -0.39 is 6.04 Å². The number of halogens is 1. The highest BCUT2D eigenvalue weighted by molar-refractivity contribution is 7.95. The lowest BCUT2D eigenvalue weighted by atomic mass is 10.0. The normalized spacial score (nSPS) is 13.7. The van der Waals surface area contributed by atoms with Crippen LogP contribution in [-0.4, -0.2) is 47.9 Å². The number of rotatable bonds is 12. The van der Waals surface area contributed by atoms with Crippen LogP contribution in [-0.2, 0) is 26.8 Å². The van der Waals surface area contributed by atoms with E-state index in [9.17, 15) is 9.59 Å². The summed E-state index contributed by atoms with van der Waals surface area (Å²) in [6.07, 6.45) is 6.58. The average Bonchev–Trinajstić information content (AvgIpc) is 3.50. The molecule has 3 aromatic rings. The third kappa shape index (κ3) is 8.13. The van der Waals surface area contributed by atoms with Gasteiger partial charge in [-0.05, 0) is 85.7 Å². The van der Waals surface area contributed by atoms with Crippen molar-refractivity contribution in [1.82, 2.24) is 15.2 Å². The molecule has 1 atom stereocenters. The first-order valence-electron chi connectivity index (χ1n) is 13.4. The number of anilines is 1. The van der Waals surface area contributed by atoms with Crippen LogP contribution in [0.1, 0.15) is 41.5 Å². The molecular formula is C30H35ClN4O4S. The maximum absolute atomic E-state index is 13.2. The molecule has 0 bridgehead atoms. The van der Waals surface area contributed by atoms with Crippen molar-refractivity contribution >= 4 is 41.3 Å². The van der Waals surface area contributed by atoms with Gasteiger partial charge in [0.2, 0.25) is 11.8 Å². The third-order valence-electron chi connectivity index (χ3n) is 6.91. The highest BCUT2D eigenvalue weighted by Crippen LogP contribution is 2.30. The second-order valence-corrected chi connectivity index (χ2v) is 11.2. The number of aromatic nitrogens is 1. The molecule has 0 unspecified atom stereocenters. The molecule has 1 saturated heterocycles. The highest BCUT2D eigenvalue weighted by Gasteiger charge is 2.28. The Balaban J connectivity index is 1.34. The van der Waals surface area contributed by atoms with Crippen molar-refractivity contribution < 1.29 is 18.8 Å². The number of nitrogens with zero attached hydrogens (tertiary/aromatic N) is 3. The van der Waals surface area contributed by atoms with Gasteiger partial charge in [-0.25, -0.2) is 0 Å². The number of amides is 2. The van der Waals surface area contributed by atoms with Gasteiger partial charge in [0.05, 0.1) is 5.69 Å². The number of carbonyl (C=O) groups is 2. The molecule has 1 aliphatic rings. The van der Waals surface area contributed by atoms with Crippen LogP contribution in [0.5, 0.6) is 5.75 Å². The van der Waals surface area contributed by atoms with E-state index in [0.29, 0.717) is 23.6 Å². The van der Waals surface area contributed by atoms with E-state index in [4.69, 9.17) is 20.8 Å². The van der Waals surface area contributed by atoms with Crippen molar-refractivity contribution in [2.45, 2.75) is 52.0 Å². The predicted molar refractivity (Wildman–Crippen MR) is 159 cm³/mol. The molecule has 2 heterocycles. The number of pyridine rings is 1. The molecule has 4 rings (SSSR count). The van der Waals surface area contributed by atoms with E-state index in [0.717, 1.165) is 66.1 Å². The van der Waals surface area contributed by atoms with Crippen LogP contribution >= 0.6 is 23.8 Å². The first kappa shape index (κ1) is 29.7. The molecule has 0 spiro atoms. The molecule has 40 heavy (non-hydrogen) atoms. The monoisotopic (exact) mass is 582 g/mol. The van der Waals surface area contributed by atoms with Gasteiger partial charge in [-0.3, -0.25) is 18.9 Å². The standard InChI is InChI=1S/C30H35ClN4O4S/c1-21-19-28(22(2)18-25(21)31)38-39-40-34(3)27-9-5-4-8-24(27)10-11-29(36)33-26(20-23-12-14-32-15-13-23)30(37)35-16-6-7-17-35/h4-5,8-9,12-15,18-19,26H,6-7,10-11,16-17,20H2,1-3H3,(H,33,36)/t26-/m1/s1. The summed E-state index contributed by atoms with van der Waals surface area (Å²) < 4.78 is 7.29. The first-order chi connectivity index (χ1) is 19.3. The minimum absolute atomic E-state index is 0.0255. The molecule has 0 aliphatic carbocycles. The van der Waals surface area contributed by atoms with Crippen molar-refractivity contribution in [3.63, 3.8) is 0 Å². The second-order valence-electron chi connectivity index (χ2n) is 9.93. The fraction of sp³-hybridized carbons (Fsp3) is 0.367. The summed E-state index contributed by atoms with van der Waals surface area (Å²) in [6, 6.07) is 14.6. The number of nitrogens with one attached hydrogen (secondary N) is 1. The molecule has 0 radical (unpaired) electrons. The Labute approximate surface area is 245 Å². The Hall–Kier alpha value is -3.27. The number of hydrogen-bond acceptors (Lipinski definition) is 7. The lowest BCUT2D eigenvalue weighted by molar-refractivity contribution is -0.135. The largest absolute Gasteiger partial charge is 0.344 e. The van der Waals surface area contributed by atoms with Gasteiger partial charge < -0.3 is 15.1 Å². The van der Waals surface area contributed by atoms with Crippen molar-refractivity contribution in [2.24, 2.45) is 0 Å². The number of para-hydroxylation sites is 1. The molecule has 10 heteroatoms. The molecule has 2 amide bonds. The van der Waals surface area contributed by atoms with Gasteiger partial charge >= 0.3 is 0 Å². The average molecular weight is 583 g/mol. The summed E-state index contributed by atoms with van der Waals surface area (Å²) in [5.41, 5.74) is 4.61. The minimum Gasteiger partial charge on any atom is -0.344 e. The van der Waals surface area contributed by atoms with Gasteiger partial charge in [0.15, 0.2) is 18.0 Å². The molecule has 1 aromatic heterocycles. The predicted octanol–water partition coefficient (Wildman–Crippen LogP) is 5.64. The van der Waals surface area contributed by atoms with Crippen LogP contribution in [0.15, 0.2) is 60.9 Å². The third-order valence-corrected chi connectivity index (χ3v) is 7.87. The number of likely N-dealkylation sites (tertiary alicyclic amines) is 1. The number of aryl methyl sites for hydroxylation is 3. The lowest BCUT2D eigenvalue weighted by Gasteiger charge is -2.24. The van der Waals surface area contributed by atoms with Gasteiger partial charge in [0.25, 0.3) is 0 Å². The fourth-order valence-electron chi connectivity index (χ4n) is 4.64. The molecular weight excluding hydrogens is 548 g/mol. The SMILES string of the molecule is Cc1cc(OOSN(C)c2ccccc2CCC(=O)N[C@H](Cc2ccncc2)C(=O)N2CCCC2)c(C)cc1Cl. The van der Waals surface area contributed by atoms with Gasteiger partial charge in [-0.1, -0.05) is 34.1 Å². The summed E-state index contributed by atoms with van der Waals surface area (Å²) in [4.78, 5) is 37.7. The van der Waals surface area contributed by atoms with Crippen molar-refractivity contribution in [3.05, 3.63) is 88.2 Å². The molecule has 1 aliphatic heterocycles. The van der Waals surface area contributed by atoms with Gasteiger partial charge in [0, 0.05) is 50.4 Å². The van der Waals surface area contributed by atoms with Crippen molar-refractivity contribution in [1.29, 1.82) is 0 Å². The first-order valence-corrected chi connectivity index (χ1v) is 14.5. The maximum Gasteiger partial charge on any atom is 0.245 e. The molecule has 1 fully saturated rings. The van der Waals surface area contributed by atoms with Crippen molar-refractivity contribution in [3.8, 4) is 5.75 Å². The van der Waals surface area contributed by atoms with Gasteiger partial charge in [-0.2, -0.15) is 0 Å². The van der Waals surface area contributed by atoms with Crippen LogP contribution in [0.4, 0.5) is 5.69 Å². The Morgan fingerprint density at radius 2 is 1.82 bits per heavy atom. The zero-order chi connectivity index (χ0) is 28.5. The summed E-state index contributed by atoms with van der Waals surface area (Å²) in [7, 11) is 1.87. The highest BCUT2D eigenvalue weighted by atomic mass is 35.5. The number of carbonyl (C=O) groups excluding carboxylic acids is 2. The number of hydrogen-bond donors (Lipinski definition) is 1. The molecule has 8 nitrogen and oxygen atoms in total. The Bertz CT molecular complexity index is 1300. The van der Waals surface area contributed by atoms with Crippen LogP contribution in [0.3, 0.4) is 0 Å². The van der Waals surface area contributed by atoms with Crippen LogP contribution in [0.25, 0.3) is 0 Å². The van der Waals surface area contributed by atoms with E-state index >= 15 is 0 Å². The second kappa shape index (κ2) is 14.4. The van der Waals surface area contributed by atoms with E-state index in [1.807, 2.05) is 78.6 Å². The molecule has 212 valence electrons. The Morgan fingerprint density at radius 3 is 2.58 bits per heavy atom. The smallest absolute Gasteiger partial charge is 0.245 e. The van der Waals surface area contributed by atoms with Crippen molar-refractivity contribution in [2.75, 3.05) is 24.4 Å². The quantitative estimate of drug-likeness (QED) is 0.128. The summed E-state index contributed by atoms with van der Waals surface area (Å²) in [5.74, 6) is 0.407. The van der Waals surface area contributed by atoms with E-state index in [-0.39, 0.29) is 18.2 Å². The Morgan fingerprint density at radius 1 is 1.10 bits per heavy atom. The molecule has 0 saturated carbocycles. The molecule has 2 aromatic carbocycles. The fourth-order valence-corrected chi connectivity index (χ4v) is 5.31. The van der Waals surface area contributed by atoms with Crippen LogP contribution in [0.2, 0.25) is 5.02 Å². The van der Waals surface area contributed by atoms with E-state index in [1.54, 1.807) is 12.4 Å². The topological polar surface area (TPSA) is 84.0 Å². The zero-order valence-corrected chi connectivity index (χ0v) is 24.6. The summed E-state index contributed by atoms with van der Waals surface area (Å²) in [6.45, 7) is 5.28. The van der Waals surface area contributed by atoms with Gasteiger partial charge in [-0.15, -0.1) is 0 Å². The van der Waals surface area contributed by atoms with Crippen LogP contribution in [0, 0.1) is 13.8 Å². The zero-order valence-electron chi connectivity index (χ0n) is 23.1. The lowest BCUT2D eigenvalue weighted by Crippen LogP contribution is -2.49. The summed E-state index contributed by atoms with van der Waals surface area (Å²) >= 11 is 7.21.